The monoisotopic (exact) mass is 222 g/mol. The van der Waals surface area contributed by atoms with E-state index in [1.165, 1.54) is 0 Å². The summed E-state index contributed by atoms with van der Waals surface area (Å²) in [5.41, 5.74) is 0.832. The highest BCUT2D eigenvalue weighted by atomic mass is 32.2. The van der Waals surface area contributed by atoms with Gasteiger partial charge in [0.2, 0.25) is 0 Å². The first kappa shape index (κ1) is 10.4. The fraction of sp³-hybridized carbons (Fsp3) is 0.500. The van der Waals surface area contributed by atoms with Gasteiger partial charge in [0.1, 0.15) is 0 Å². The molecule has 0 spiro atoms. The molecular weight excluding hydrogens is 212 g/mol. The minimum absolute atomic E-state index is 0.200. The maximum Gasteiger partial charge on any atom is 0.359 e. The summed E-state index contributed by atoms with van der Waals surface area (Å²) in [6.45, 7) is 2.01. The predicted octanol–water partition coefficient (Wildman–Crippen LogP) is 1.31. The zero-order chi connectivity index (χ0) is 9.90. The maximum atomic E-state index is 10.4. The second-order valence-electron chi connectivity index (χ2n) is 2.47. The number of aryl methyl sites for hydroxylation is 1. The van der Waals surface area contributed by atoms with Crippen LogP contribution in [0.4, 0.5) is 5.13 Å². The van der Waals surface area contributed by atoms with Gasteiger partial charge in [-0.3, -0.25) is 4.55 Å². The lowest BCUT2D eigenvalue weighted by atomic mass is 10.3. The van der Waals surface area contributed by atoms with Gasteiger partial charge in [0.05, 0.1) is 5.69 Å². The third kappa shape index (κ3) is 3.71. The van der Waals surface area contributed by atoms with Crippen molar-refractivity contribution in [2.75, 3.05) is 4.72 Å². The summed E-state index contributed by atoms with van der Waals surface area (Å²) in [4.78, 5) is 3.95. The molecule has 0 aliphatic rings. The van der Waals surface area contributed by atoms with Crippen LogP contribution in [0.5, 0.6) is 0 Å². The van der Waals surface area contributed by atoms with Gasteiger partial charge in [-0.2, -0.15) is 8.42 Å². The largest absolute Gasteiger partial charge is 0.359 e. The van der Waals surface area contributed by atoms with E-state index >= 15 is 0 Å². The van der Waals surface area contributed by atoms with Crippen molar-refractivity contribution in [2.24, 2.45) is 0 Å². The van der Waals surface area contributed by atoms with Gasteiger partial charge >= 0.3 is 10.3 Å². The van der Waals surface area contributed by atoms with Crippen molar-refractivity contribution < 1.29 is 13.0 Å². The third-order valence-electron chi connectivity index (χ3n) is 1.27. The fourth-order valence-electron chi connectivity index (χ4n) is 0.835. The average molecular weight is 222 g/mol. The van der Waals surface area contributed by atoms with Gasteiger partial charge in [0.15, 0.2) is 5.13 Å². The summed E-state index contributed by atoms with van der Waals surface area (Å²) >= 11 is 1.15. The highest BCUT2D eigenvalue weighted by Crippen LogP contribution is 2.17. The Hall–Kier alpha value is -0.660. The first-order valence-electron chi connectivity index (χ1n) is 3.71. The lowest BCUT2D eigenvalue weighted by Crippen LogP contribution is -2.09. The number of thiazole rings is 1. The molecule has 0 unspecified atom stereocenters. The number of nitrogens with zero attached hydrogens (tertiary/aromatic N) is 1. The van der Waals surface area contributed by atoms with Gasteiger partial charge < -0.3 is 0 Å². The van der Waals surface area contributed by atoms with Crippen LogP contribution in [-0.2, 0) is 16.7 Å². The van der Waals surface area contributed by atoms with E-state index in [0.717, 1.165) is 29.9 Å². The molecule has 74 valence electrons. The molecule has 1 aromatic rings. The standard InChI is InChI=1S/C6H10N2O3S2/c1-2-3-5-4-12-6(7-5)8-13(9,10)11/h4H,2-3H2,1H3,(H,7,8)(H,9,10,11). The molecule has 0 aliphatic heterocycles. The number of hydrogen-bond donors (Lipinski definition) is 2. The van der Waals surface area contributed by atoms with Crippen molar-refractivity contribution in [2.45, 2.75) is 19.8 Å². The quantitative estimate of drug-likeness (QED) is 0.753. The molecule has 0 saturated heterocycles. The molecule has 13 heavy (non-hydrogen) atoms. The number of aromatic nitrogens is 1. The second-order valence-corrected chi connectivity index (χ2v) is 4.48. The Morgan fingerprint density at radius 1 is 1.69 bits per heavy atom. The van der Waals surface area contributed by atoms with Gasteiger partial charge in [-0.05, 0) is 6.42 Å². The van der Waals surface area contributed by atoms with E-state index in [2.05, 4.69) is 4.98 Å². The van der Waals surface area contributed by atoms with E-state index in [1.54, 1.807) is 5.38 Å². The lowest BCUT2D eigenvalue weighted by Gasteiger charge is -1.94. The van der Waals surface area contributed by atoms with Gasteiger partial charge in [-0.25, -0.2) is 9.71 Å². The van der Waals surface area contributed by atoms with Gasteiger partial charge in [-0.15, -0.1) is 11.3 Å². The van der Waals surface area contributed by atoms with Crippen LogP contribution in [0.1, 0.15) is 19.0 Å². The van der Waals surface area contributed by atoms with Crippen molar-refractivity contribution in [3.63, 3.8) is 0 Å². The first-order chi connectivity index (χ1) is 6.01. The maximum absolute atomic E-state index is 10.4. The number of anilines is 1. The zero-order valence-electron chi connectivity index (χ0n) is 7.02. The van der Waals surface area contributed by atoms with Gasteiger partial charge in [0, 0.05) is 5.38 Å². The van der Waals surface area contributed by atoms with Crippen molar-refractivity contribution in [1.29, 1.82) is 0 Å². The number of hydrogen-bond acceptors (Lipinski definition) is 4. The fourth-order valence-corrected chi connectivity index (χ4v) is 2.20. The summed E-state index contributed by atoms with van der Waals surface area (Å²) < 4.78 is 31.1. The van der Waals surface area contributed by atoms with Crippen LogP contribution in [0.2, 0.25) is 0 Å². The van der Waals surface area contributed by atoms with E-state index in [4.69, 9.17) is 4.55 Å². The van der Waals surface area contributed by atoms with Gasteiger partial charge in [0.25, 0.3) is 0 Å². The SMILES string of the molecule is CCCc1csc(NS(=O)(=O)O)n1. The summed E-state index contributed by atoms with van der Waals surface area (Å²) in [5.74, 6) is 0. The smallest absolute Gasteiger partial charge is 0.269 e. The third-order valence-corrected chi connectivity index (χ3v) is 2.66. The molecule has 0 atom stereocenters. The molecular formula is C6H10N2O3S2. The van der Waals surface area contributed by atoms with Gasteiger partial charge in [-0.1, -0.05) is 13.3 Å². The molecule has 5 nitrogen and oxygen atoms in total. The van der Waals surface area contributed by atoms with Crippen LogP contribution in [0.3, 0.4) is 0 Å². The summed E-state index contributed by atoms with van der Waals surface area (Å²) in [7, 11) is -4.18. The molecule has 2 N–H and O–H groups in total. The normalized spacial score (nSPS) is 11.5. The van der Waals surface area contributed by atoms with E-state index < -0.39 is 10.3 Å². The Balaban J connectivity index is 2.69. The molecule has 0 aliphatic carbocycles. The molecule has 0 bridgehead atoms. The Labute approximate surface area is 80.7 Å². The summed E-state index contributed by atoms with van der Waals surface area (Å²) in [6.07, 6.45) is 1.76. The Kier molecular flexibility index (Phi) is 3.23. The Morgan fingerprint density at radius 3 is 2.92 bits per heavy atom. The number of rotatable bonds is 4. The number of nitrogens with one attached hydrogen (secondary N) is 1. The molecule has 0 aromatic carbocycles. The van der Waals surface area contributed by atoms with E-state index in [-0.39, 0.29) is 5.13 Å². The van der Waals surface area contributed by atoms with Crippen LogP contribution in [-0.4, -0.2) is 18.0 Å². The van der Waals surface area contributed by atoms with Crippen LogP contribution in [0.15, 0.2) is 5.38 Å². The zero-order valence-corrected chi connectivity index (χ0v) is 8.65. The molecule has 1 rings (SSSR count). The Bertz CT molecular complexity index is 371. The molecule has 0 amide bonds. The lowest BCUT2D eigenvalue weighted by molar-refractivity contribution is 0.489. The Morgan fingerprint density at radius 2 is 2.38 bits per heavy atom. The van der Waals surface area contributed by atoms with Crippen LogP contribution < -0.4 is 4.72 Å². The average Bonchev–Trinajstić information content (AvgIpc) is 2.33. The molecule has 0 fully saturated rings. The molecule has 1 heterocycles. The van der Waals surface area contributed by atoms with E-state index in [9.17, 15) is 8.42 Å². The second kappa shape index (κ2) is 4.03. The van der Waals surface area contributed by atoms with E-state index in [0.29, 0.717) is 0 Å². The first-order valence-corrected chi connectivity index (χ1v) is 6.03. The predicted molar refractivity (Wildman–Crippen MR) is 51.3 cm³/mol. The van der Waals surface area contributed by atoms with Crippen molar-refractivity contribution in [1.82, 2.24) is 4.98 Å². The van der Waals surface area contributed by atoms with E-state index in [1.807, 2.05) is 11.6 Å². The molecule has 7 heteroatoms. The van der Waals surface area contributed by atoms with Crippen LogP contribution in [0.25, 0.3) is 0 Å². The molecule has 0 saturated carbocycles. The van der Waals surface area contributed by atoms with Crippen LogP contribution in [0, 0.1) is 0 Å². The minimum atomic E-state index is -4.18. The van der Waals surface area contributed by atoms with Crippen molar-refractivity contribution in [3.8, 4) is 0 Å². The summed E-state index contributed by atoms with van der Waals surface area (Å²) in [6, 6.07) is 0. The van der Waals surface area contributed by atoms with Crippen molar-refractivity contribution in [3.05, 3.63) is 11.1 Å². The minimum Gasteiger partial charge on any atom is -0.269 e. The molecule has 1 aromatic heterocycles. The molecule has 0 radical (unpaired) electrons. The van der Waals surface area contributed by atoms with Crippen molar-refractivity contribution >= 4 is 26.8 Å². The highest BCUT2D eigenvalue weighted by molar-refractivity contribution is 7.87. The topological polar surface area (TPSA) is 79.3 Å². The highest BCUT2D eigenvalue weighted by Gasteiger charge is 2.07. The summed E-state index contributed by atoms with van der Waals surface area (Å²) in [5, 5.41) is 1.96. The van der Waals surface area contributed by atoms with Crippen LogP contribution >= 0.6 is 11.3 Å².